The van der Waals surface area contributed by atoms with E-state index in [2.05, 4.69) is 53.9 Å². The second kappa shape index (κ2) is 9.29. The quantitative estimate of drug-likeness (QED) is 0.251. The van der Waals surface area contributed by atoms with Crippen LogP contribution in [0.3, 0.4) is 0 Å². The molecule has 2 rings (SSSR count). The Morgan fingerprint density at radius 2 is 2.04 bits per heavy atom. The Morgan fingerprint density at radius 1 is 1.36 bits per heavy atom. The van der Waals surface area contributed by atoms with Crippen molar-refractivity contribution < 1.29 is 9.53 Å². The molecule has 0 radical (unpaired) electrons. The molecule has 0 aromatic rings. The van der Waals surface area contributed by atoms with Crippen LogP contribution in [0.15, 0.2) is 47.8 Å². The third-order valence-corrected chi connectivity index (χ3v) is 7.09. The SMILES string of the molecule is C=C(O[C@@H]1CC[C@H](C)[C@@]2(C)C[C@@H](C(=C)C)C(=O)C=C12)/C(C)=C/C(C)CCCC. The van der Waals surface area contributed by atoms with Crippen molar-refractivity contribution in [2.45, 2.75) is 86.2 Å². The molecular formula is C26H40O2. The van der Waals surface area contributed by atoms with Crippen LogP contribution in [-0.2, 0) is 9.53 Å². The molecule has 2 heteroatoms. The summed E-state index contributed by atoms with van der Waals surface area (Å²) in [6, 6.07) is 0. The summed E-state index contributed by atoms with van der Waals surface area (Å²) in [4.78, 5) is 12.7. The molecule has 2 aliphatic carbocycles. The first-order valence-corrected chi connectivity index (χ1v) is 11.1. The van der Waals surface area contributed by atoms with Crippen molar-refractivity contribution in [3.05, 3.63) is 47.8 Å². The molecule has 0 amide bonds. The monoisotopic (exact) mass is 384 g/mol. The van der Waals surface area contributed by atoms with Crippen LogP contribution in [0.5, 0.6) is 0 Å². The number of hydrogen-bond acceptors (Lipinski definition) is 2. The molecule has 2 nitrogen and oxygen atoms in total. The predicted octanol–water partition coefficient (Wildman–Crippen LogP) is 7.19. The minimum absolute atomic E-state index is 0.00718. The van der Waals surface area contributed by atoms with Gasteiger partial charge in [0.1, 0.15) is 11.9 Å². The molecule has 0 spiro atoms. The number of carbonyl (C=O) groups is 1. The van der Waals surface area contributed by atoms with E-state index in [1.807, 2.05) is 13.0 Å². The van der Waals surface area contributed by atoms with Gasteiger partial charge in [-0.2, -0.15) is 0 Å². The van der Waals surface area contributed by atoms with Gasteiger partial charge in [-0.05, 0) is 74.0 Å². The van der Waals surface area contributed by atoms with Crippen LogP contribution in [0.1, 0.15) is 80.1 Å². The number of ether oxygens (including phenoxy) is 1. The highest BCUT2D eigenvalue weighted by Gasteiger charge is 2.48. The van der Waals surface area contributed by atoms with E-state index in [1.165, 1.54) is 24.8 Å². The highest BCUT2D eigenvalue weighted by atomic mass is 16.5. The smallest absolute Gasteiger partial charge is 0.162 e. The van der Waals surface area contributed by atoms with E-state index in [0.717, 1.165) is 36.2 Å². The van der Waals surface area contributed by atoms with Crippen molar-refractivity contribution >= 4 is 5.78 Å². The van der Waals surface area contributed by atoms with Crippen molar-refractivity contribution in [2.75, 3.05) is 0 Å². The van der Waals surface area contributed by atoms with Gasteiger partial charge in [-0.25, -0.2) is 0 Å². The van der Waals surface area contributed by atoms with E-state index >= 15 is 0 Å². The fraction of sp³-hybridized carbons (Fsp3) is 0.654. The van der Waals surface area contributed by atoms with Gasteiger partial charge in [0, 0.05) is 5.92 Å². The number of unbranched alkanes of at least 4 members (excludes halogenated alkanes) is 1. The van der Waals surface area contributed by atoms with Crippen molar-refractivity contribution in [1.29, 1.82) is 0 Å². The van der Waals surface area contributed by atoms with E-state index < -0.39 is 0 Å². The lowest BCUT2D eigenvalue weighted by Gasteiger charge is -2.49. The first kappa shape index (κ1) is 22.7. The second-order valence-corrected chi connectivity index (χ2v) is 9.50. The average Bonchev–Trinajstić information content (AvgIpc) is 2.63. The van der Waals surface area contributed by atoms with Gasteiger partial charge in [-0.15, -0.1) is 0 Å². The van der Waals surface area contributed by atoms with Crippen molar-refractivity contribution in [3.63, 3.8) is 0 Å². The van der Waals surface area contributed by atoms with Gasteiger partial charge in [-0.1, -0.05) is 65.3 Å². The first-order chi connectivity index (χ1) is 13.1. The van der Waals surface area contributed by atoms with Gasteiger partial charge in [0.15, 0.2) is 5.78 Å². The van der Waals surface area contributed by atoms with Crippen LogP contribution in [0, 0.1) is 23.2 Å². The minimum Gasteiger partial charge on any atom is -0.486 e. The number of fused-ring (bicyclic) bond motifs is 1. The molecular weight excluding hydrogens is 344 g/mol. The zero-order valence-corrected chi connectivity index (χ0v) is 18.9. The van der Waals surface area contributed by atoms with Crippen molar-refractivity contribution in [2.24, 2.45) is 23.2 Å². The Morgan fingerprint density at radius 3 is 2.64 bits per heavy atom. The van der Waals surface area contributed by atoms with Gasteiger partial charge in [0.2, 0.25) is 0 Å². The lowest BCUT2D eigenvalue weighted by molar-refractivity contribution is -0.119. The molecule has 1 saturated carbocycles. The summed E-state index contributed by atoms with van der Waals surface area (Å²) in [6.45, 7) is 21.4. The molecule has 0 N–H and O–H groups in total. The van der Waals surface area contributed by atoms with E-state index in [-0.39, 0.29) is 23.2 Å². The molecule has 5 atom stereocenters. The summed E-state index contributed by atoms with van der Waals surface area (Å²) in [7, 11) is 0. The Bertz CT molecular complexity index is 681. The standard InChI is InChI=1S/C26H40O2/c1-9-10-11-18(4)14-19(5)21(7)28-25-13-12-20(6)26(8)16-22(17(2)3)24(27)15-23(25)26/h14-15,18,20,22,25H,2,7,9-13,16H2,1,3-6,8H3/b19-14+/t18?,20-,22-,25+,26+/m0/s1. The summed E-state index contributed by atoms with van der Waals surface area (Å²) in [5.74, 6) is 1.95. The molecule has 0 heterocycles. The molecule has 2 aliphatic rings. The molecule has 28 heavy (non-hydrogen) atoms. The summed E-state index contributed by atoms with van der Waals surface area (Å²) in [6.07, 6.45) is 10.7. The topological polar surface area (TPSA) is 26.3 Å². The number of allylic oxidation sites excluding steroid dienone is 4. The van der Waals surface area contributed by atoms with Gasteiger partial charge in [0.25, 0.3) is 0 Å². The maximum Gasteiger partial charge on any atom is 0.162 e. The Labute approximate surface area is 172 Å². The molecule has 0 aromatic carbocycles. The summed E-state index contributed by atoms with van der Waals surface area (Å²) in [5.41, 5.74) is 3.25. The lowest BCUT2D eigenvalue weighted by atomic mass is 9.57. The molecule has 0 aliphatic heterocycles. The fourth-order valence-electron chi connectivity index (χ4n) is 4.82. The molecule has 1 unspecified atom stereocenters. The van der Waals surface area contributed by atoms with Gasteiger partial charge >= 0.3 is 0 Å². The average molecular weight is 385 g/mol. The van der Waals surface area contributed by atoms with E-state index in [1.54, 1.807) is 0 Å². The Kier molecular flexibility index (Phi) is 7.53. The largest absolute Gasteiger partial charge is 0.486 e. The fourth-order valence-corrected chi connectivity index (χ4v) is 4.82. The Balaban J connectivity index is 2.19. The zero-order valence-electron chi connectivity index (χ0n) is 18.9. The van der Waals surface area contributed by atoms with E-state index in [4.69, 9.17) is 4.74 Å². The van der Waals surface area contributed by atoms with Crippen LogP contribution < -0.4 is 0 Å². The molecule has 0 aromatic heterocycles. The zero-order chi connectivity index (χ0) is 21.1. The molecule has 1 fully saturated rings. The van der Waals surface area contributed by atoms with Crippen molar-refractivity contribution in [3.8, 4) is 0 Å². The Hall–Kier alpha value is -1.57. The number of ketones is 1. The predicted molar refractivity (Wildman–Crippen MR) is 119 cm³/mol. The number of hydrogen-bond donors (Lipinski definition) is 0. The van der Waals surface area contributed by atoms with Crippen molar-refractivity contribution in [1.82, 2.24) is 0 Å². The number of carbonyl (C=O) groups excluding carboxylic acids is 1. The highest BCUT2D eigenvalue weighted by molar-refractivity contribution is 5.95. The van der Waals surface area contributed by atoms with Crippen LogP contribution in [0.2, 0.25) is 0 Å². The third kappa shape index (κ3) is 4.88. The van der Waals surface area contributed by atoms with Gasteiger partial charge in [-0.3, -0.25) is 4.79 Å². The van der Waals surface area contributed by atoms with Crippen LogP contribution in [-0.4, -0.2) is 11.9 Å². The minimum atomic E-state index is -0.0563. The second-order valence-electron chi connectivity index (χ2n) is 9.50. The van der Waals surface area contributed by atoms with Crippen LogP contribution in [0.4, 0.5) is 0 Å². The first-order valence-electron chi connectivity index (χ1n) is 11.1. The summed E-state index contributed by atoms with van der Waals surface area (Å²) in [5, 5.41) is 0. The van der Waals surface area contributed by atoms with Crippen LogP contribution in [0.25, 0.3) is 0 Å². The van der Waals surface area contributed by atoms with Gasteiger partial charge in [0.05, 0.1) is 0 Å². The molecule has 156 valence electrons. The molecule has 0 saturated heterocycles. The van der Waals surface area contributed by atoms with E-state index in [0.29, 0.717) is 11.8 Å². The summed E-state index contributed by atoms with van der Waals surface area (Å²) >= 11 is 0. The maximum atomic E-state index is 12.7. The maximum absolute atomic E-state index is 12.7. The summed E-state index contributed by atoms with van der Waals surface area (Å²) < 4.78 is 6.38. The highest BCUT2D eigenvalue weighted by Crippen LogP contribution is 2.53. The lowest BCUT2D eigenvalue weighted by Crippen LogP contribution is -2.45. The van der Waals surface area contributed by atoms with Gasteiger partial charge < -0.3 is 4.74 Å². The third-order valence-electron chi connectivity index (χ3n) is 7.09. The number of rotatable bonds is 8. The van der Waals surface area contributed by atoms with E-state index in [9.17, 15) is 4.79 Å². The van der Waals surface area contributed by atoms with Crippen LogP contribution >= 0.6 is 0 Å². The molecule has 0 bridgehead atoms. The normalized spacial score (nSPS) is 31.6.